The first kappa shape index (κ1) is 13.3. The van der Waals surface area contributed by atoms with E-state index in [0.29, 0.717) is 24.3 Å². The van der Waals surface area contributed by atoms with Crippen LogP contribution in [-0.2, 0) is 4.79 Å². The van der Waals surface area contributed by atoms with Gasteiger partial charge in [0.05, 0.1) is 5.56 Å². The average Bonchev–Trinajstić information content (AvgIpc) is 2.49. The number of pyridine rings is 1. The summed E-state index contributed by atoms with van der Waals surface area (Å²) < 4.78 is 0. The van der Waals surface area contributed by atoms with Gasteiger partial charge in [-0.2, -0.15) is 5.26 Å². The molecule has 19 heavy (non-hydrogen) atoms. The molecule has 5 heteroatoms. The normalized spacial score (nSPS) is 14.8. The van der Waals surface area contributed by atoms with Crippen molar-refractivity contribution in [1.82, 2.24) is 9.88 Å². The number of carbonyl (C=O) groups is 1. The van der Waals surface area contributed by atoms with Gasteiger partial charge in [0.2, 0.25) is 5.91 Å². The number of carbonyl (C=O) groups excluding carboxylic acids is 1. The maximum atomic E-state index is 11.9. The molecule has 1 N–H and O–H groups in total. The van der Waals surface area contributed by atoms with Gasteiger partial charge in [-0.3, -0.25) is 4.79 Å². The van der Waals surface area contributed by atoms with Gasteiger partial charge >= 0.3 is 0 Å². The number of piperidine rings is 1. The third-order valence-corrected chi connectivity index (χ3v) is 3.25. The molecule has 0 radical (unpaired) electrons. The SMILES string of the molecule is N#Cc1ccc(NCCC(=O)N2CCCCC2)nc1. The Morgan fingerprint density at radius 2 is 2.16 bits per heavy atom. The lowest BCUT2D eigenvalue weighted by Gasteiger charge is -2.26. The molecule has 0 aliphatic carbocycles. The second kappa shape index (κ2) is 6.74. The van der Waals surface area contributed by atoms with Gasteiger partial charge in [0, 0.05) is 32.3 Å². The van der Waals surface area contributed by atoms with Crippen molar-refractivity contribution in [3.8, 4) is 6.07 Å². The lowest BCUT2D eigenvalue weighted by molar-refractivity contribution is -0.131. The molecule has 1 aromatic heterocycles. The van der Waals surface area contributed by atoms with Gasteiger partial charge < -0.3 is 10.2 Å². The van der Waals surface area contributed by atoms with E-state index in [1.807, 2.05) is 11.0 Å². The van der Waals surface area contributed by atoms with Gasteiger partial charge in [-0.05, 0) is 31.4 Å². The molecule has 0 saturated carbocycles. The van der Waals surface area contributed by atoms with Gasteiger partial charge in [0.25, 0.3) is 0 Å². The van der Waals surface area contributed by atoms with Gasteiger partial charge in [-0.15, -0.1) is 0 Å². The van der Waals surface area contributed by atoms with E-state index >= 15 is 0 Å². The maximum Gasteiger partial charge on any atom is 0.224 e. The zero-order chi connectivity index (χ0) is 13.5. The molecule has 0 unspecified atom stereocenters. The van der Waals surface area contributed by atoms with Crippen molar-refractivity contribution in [1.29, 1.82) is 5.26 Å². The standard InChI is InChI=1S/C14H18N4O/c15-10-12-4-5-13(17-11-12)16-7-6-14(19)18-8-2-1-3-9-18/h4-5,11H,1-3,6-9H2,(H,16,17). The Balaban J connectivity index is 1.73. The lowest BCUT2D eigenvalue weighted by atomic mass is 10.1. The van der Waals surface area contributed by atoms with Gasteiger partial charge in [0.15, 0.2) is 0 Å². The lowest BCUT2D eigenvalue weighted by Crippen LogP contribution is -2.36. The Morgan fingerprint density at radius 1 is 1.37 bits per heavy atom. The summed E-state index contributed by atoms with van der Waals surface area (Å²) in [6.07, 6.45) is 5.49. The Labute approximate surface area is 113 Å². The summed E-state index contributed by atoms with van der Waals surface area (Å²) >= 11 is 0. The highest BCUT2D eigenvalue weighted by atomic mass is 16.2. The molecule has 1 saturated heterocycles. The van der Waals surface area contributed by atoms with Crippen molar-refractivity contribution in [2.24, 2.45) is 0 Å². The number of nitriles is 1. The summed E-state index contributed by atoms with van der Waals surface area (Å²) in [7, 11) is 0. The van der Waals surface area contributed by atoms with E-state index in [1.54, 1.807) is 12.1 Å². The summed E-state index contributed by atoms with van der Waals surface area (Å²) in [4.78, 5) is 18.0. The minimum Gasteiger partial charge on any atom is -0.370 e. The highest BCUT2D eigenvalue weighted by Gasteiger charge is 2.15. The molecule has 0 spiro atoms. The van der Waals surface area contributed by atoms with E-state index in [4.69, 9.17) is 5.26 Å². The monoisotopic (exact) mass is 258 g/mol. The van der Waals surface area contributed by atoms with Crippen LogP contribution in [0.15, 0.2) is 18.3 Å². The molecule has 2 heterocycles. The molecule has 1 aliphatic rings. The fourth-order valence-corrected chi connectivity index (χ4v) is 2.16. The van der Waals surface area contributed by atoms with E-state index < -0.39 is 0 Å². The van der Waals surface area contributed by atoms with Crippen molar-refractivity contribution in [2.75, 3.05) is 25.0 Å². The molecule has 1 amide bonds. The topological polar surface area (TPSA) is 69.0 Å². The molecule has 100 valence electrons. The van der Waals surface area contributed by atoms with Crippen LogP contribution in [0.1, 0.15) is 31.2 Å². The first-order chi connectivity index (χ1) is 9.29. The summed E-state index contributed by atoms with van der Waals surface area (Å²) in [6.45, 7) is 2.37. The Hall–Kier alpha value is -2.09. The number of hydrogen-bond donors (Lipinski definition) is 1. The largest absolute Gasteiger partial charge is 0.370 e. The van der Waals surface area contributed by atoms with Crippen molar-refractivity contribution in [2.45, 2.75) is 25.7 Å². The molecule has 1 aromatic rings. The first-order valence-electron chi connectivity index (χ1n) is 6.67. The van der Waals surface area contributed by atoms with Crippen LogP contribution < -0.4 is 5.32 Å². The molecule has 5 nitrogen and oxygen atoms in total. The Morgan fingerprint density at radius 3 is 2.79 bits per heavy atom. The molecule has 1 aliphatic heterocycles. The fourth-order valence-electron chi connectivity index (χ4n) is 2.16. The Bertz CT molecular complexity index is 457. The second-order valence-corrected chi connectivity index (χ2v) is 4.66. The molecule has 0 aromatic carbocycles. The fraction of sp³-hybridized carbons (Fsp3) is 0.500. The predicted molar refractivity (Wildman–Crippen MR) is 72.5 cm³/mol. The van der Waals surface area contributed by atoms with Crippen LogP contribution in [0.25, 0.3) is 0 Å². The number of nitrogens with one attached hydrogen (secondary N) is 1. The highest BCUT2D eigenvalue weighted by molar-refractivity contribution is 5.76. The summed E-state index contributed by atoms with van der Waals surface area (Å²) in [6, 6.07) is 5.48. The Kier molecular flexibility index (Phi) is 4.73. The number of nitrogens with zero attached hydrogens (tertiary/aromatic N) is 3. The van der Waals surface area contributed by atoms with Gasteiger partial charge in [-0.1, -0.05) is 0 Å². The summed E-state index contributed by atoms with van der Waals surface area (Å²) in [5.41, 5.74) is 0.537. The highest BCUT2D eigenvalue weighted by Crippen LogP contribution is 2.10. The minimum absolute atomic E-state index is 0.209. The van der Waals surface area contributed by atoms with E-state index in [9.17, 15) is 4.79 Å². The molecular weight excluding hydrogens is 240 g/mol. The van der Waals surface area contributed by atoms with Crippen molar-refractivity contribution in [3.63, 3.8) is 0 Å². The van der Waals surface area contributed by atoms with Crippen LogP contribution in [-0.4, -0.2) is 35.4 Å². The van der Waals surface area contributed by atoms with E-state index in [-0.39, 0.29) is 5.91 Å². The molecule has 0 bridgehead atoms. The quantitative estimate of drug-likeness (QED) is 0.893. The molecule has 0 atom stereocenters. The van der Waals surface area contributed by atoms with Crippen molar-refractivity contribution in [3.05, 3.63) is 23.9 Å². The summed E-state index contributed by atoms with van der Waals surface area (Å²) in [5.74, 6) is 0.909. The number of rotatable bonds is 4. The van der Waals surface area contributed by atoms with Crippen LogP contribution in [0, 0.1) is 11.3 Å². The van der Waals surface area contributed by atoms with Crippen LogP contribution in [0.5, 0.6) is 0 Å². The third kappa shape index (κ3) is 3.95. The second-order valence-electron chi connectivity index (χ2n) is 4.66. The van der Waals surface area contributed by atoms with E-state index in [0.717, 1.165) is 25.9 Å². The number of likely N-dealkylation sites (tertiary alicyclic amines) is 1. The zero-order valence-electron chi connectivity index (χ0n) is 10.9. The smallest absolute Gasteiger partial charge is 0.224 e. The molecular formula is C14H18N4O. The number of aromatic nitrogens is 1. The van der Waals surface area contributed by atoms with Crippen LogP contribution in [0.4, 0.5) is 5.82 Å². The van der Waals surface area contributed by atoms with Crippen molar-refractivity contribution < 1.29 is 4.79 Å². The number of amides is 1. The first-order valence-corrected chi connectivity index (χ1v) is 6.67. The molecule has 1 fully saturated rings. The van der Waals surface area contributed by atoms with E-state index in [1.165, 1.54) is 12.6 Å². The maximum absolute atomic E-state index is 11.9. The van der Waals surface area contributed by atoms with E-state index in [2.05, 4.69) is 10.3 Å². The molecule has 2 rings (SSSR count). The summed E-state index contributed by atoms with van der Waals surface area (Å²) in [5, 5.41) is 11.8. The third-order valence-electron chi connectivity index (χ3n) is 3.25. The number of anilines is 1. The zero-order valence-corrected chi connectivity index (χ0v) is 10.9. The van der Waals surface area contributed by atoms with Crippen LogP contribution in [0.2, 0.25) is 0 Å². The minimum atomic E-state index is 0.209. The average molecular weight is 258 g/mol. The van der Waals surface area contributed by atoms with Gasteiger partial charge in [0.1, 0.15) is 11.9 Å². The number of hydrogen-bond acceptors (Lipinski definition) is 4. The van der Waals surface area contributed by atoms with Gasteiger partial charge in [-0.25, -0.2) is 4.98 Å². The van der Waals surface area contributed by atoms with Crippen LogP contribution in [0.3, 0.4) is 0 Å². The predicted octanol–water partition coefficient (Wildman–Crippen LogP) is 1.77. The van der Waals surface area contributed by atoms with Crippen molar-refractivity contribution >= 4 is 11.7 Å². The van der Waals surface area contributed by atoms with Crippen LogP contribution >= 0.6 is 0 Å².